The summed E-state index contributed by atoms with van der Waals surface area (Å²) in [5.74, 6) is 0.897. The highest BCUT2D eigenvalue weighted by atomic mass is 32.1. The first-order chi connectivity index (χ1) is 11.4. The van der Waals surface area contributed by atoms with Gasteiger partial charge in [0, 0.05) is 5.41 Å². The maximum absolute atomic E-state index is 4.47. The van der Waals surface area contributed by atoms with E-state index in [2.05, 4.69) is 104 Å². The molecule has 0 saturated heterocycles. The Bertz CT molecular complexity index is 608. The van der Waals surface area contributed by atoms with Crippen molar-refractivity contribution in [3.05, 3.63) is 108 Å². The molecule has 1 heteroatoms. The molecule has 0 saturated carbocycles. The molecule has 0 N–H and O–H groups in total. The van der Waals surface area contributed by atoms with Crippen LogP contribution in [0.2, 0.25) is 0 Å². The van der Waals surface area contributed by atoms with Gasteiger partial charge >= 0.3 is 0 Å². The standard InChI is InChI=1S/C22H22S/c23-18-10-17-22(19-11-4-1-5-12-19,20-13-6-2-7-14-20)21-15-8-3-9-16-21/h1-9,11-16,23H,10,17-18H2. The highest BCUT2D eigenvalue weighted by molar-refractivity contribution is 7.80. The molecule has 3 aromatic rings. The van der Waals surface area contributed by atoms with Crippen molar-refractivity contribution in [1.29, 1.82) is 0 Å². The molecule has 0 aliphatic heterocycles. The van der Waals surface area contributed by atoms with Crippen LogP contribution in [0.1, 0.15) is 29.5 Å². The molecule has 0 spiro atoms. The predicted molar refractivity (Wildman–Crippen MR) is 102 cm³/mol. The van der Waals surface area contributed by atoms with E-state index in [1.54, 1.807) is 0 Å². The van der Waals surface area contributed by atoms with Gasteiger partial charge in [-0.1, -0.05) is 91.0 Å². The lowest BCUT2D eigenvalue weighted by Gasteiger charge is -2.36. The zero-order valence-electron chi connectivity index (χ0n) is 13.2. The molecule has 0 amide bonds. The van der Waals surface area contributed by atoms with E-state index >= 15 is 0 Å². The van der Waals surface area contributed by atoms with Crippen molar-refractivity contribution in [1.82, 2.24) is 0 Å². The van der Waals surface area contributed by atoms with E-state index in [0.29, 0.717) is 0 Å². The van der Waals surface area contributed by atoms with Gasteiger partial charge in [0.25, 0.3) is 0 Å². The molecule has 0 aromatic heterocycles. The highest BCUT2D eigenvalue weighted by Crippen LogP contribution is 2.42. The molecule has 0 nitrogen and oxygen atoms in total. The van der Waals surface area contributed by atoms with Gasteiger partial charge in [0.15, 0.2) is 0 Å². The summed E-state index contributed by atoms with van der Waals surface area (Å²) in [5, 5.41) is 0. The maximum Gasteiger partial charge on any atom is 0.0451 e. The first-order valence-electron chi connectivity index (χ1n) is 8.15. The van der Waals surface area contributed by atoms with Gasteiger partial charge in [-0.2, -0.15) is 12.6 Å². The minimum absolute atomic E-state index is 0.119. The molecule has 0 radical (unpaired) electrons. The largest absolute Gasteiger partial charge is 0.179 e. The summed E-state index contributed by atoms with van der Waals surface area (Å²) < 4.78 is 0. The van der Waals surface area contributed by atoms with Crippen LogP contribution in [-0.4, -0.2) is 5.75 Å². The Morgan fingerprint density at radius 2 is 0.913 bits per heavy atom. The van der Waals surface area contributed by atoms with Crippen LogP contribution in [0.3, 0.4) is 0 Å². The van der Waals surface area contributed by atoms with Gasteiger partial charge in [-0.25, -0.2) is 0 Å². The molecule has 3 aromatic carbocycles. The van der Waals surface area contributed by atoms with E-state index in [1.807, 2.05) is 0 Å². The van der Waals surface area contributed by atoms with E-state index in [4.69, 9.17) is 0 Å². The van der Waals surface area contributed by atoms with E-state index in [0.717, 1.165) is 18.6 Å². The summed E-state index contributed by atoms with van der Waals surface area (Å²) in [4.78, 5) is 0. The van der Waals surface area contributed by atoms with Crippen LogP contribution >= 0.6 is 12.6 Å². The second-order valence-electron chi connectivity index (χ2n) is 5.83. The Morgan fingerprint density at radius 3 is 1.22 bits per heavy atom. The third-order valence-electron chi connectivity index (χ3n) is 4.51. The summed E-state index contributed by atoms with van der Waals surface area (Å²) in [5.41, 5.74) is 3.92. The third-order valence-corrected chi connectivity index (χ3v) is 4.83. The first-order valence-corrected chi connectivity index (χ1v) is 8.78. The molecule has 0 unspecified atom stereocenters. The van der Waals surface area contributed by atoms with Crippen LogP contribution in [0.5, 0.6) is 0 Å². The summed E-state index contributed by atoms with van der Waals surface area (Å²) in [6, 6.07) is 32.6. The molecular formula is C22H22S. The van der Waals surface area contributed by atoms with Crippen molar-refractivity contribution in [3.63, 3.8) is 0 Å². The van der Waals surface area contributed by atoms with Crippen LogP contribution in [-0.2, 0) is 5.41 Å². The normalized spacial score (nSPS) is 11.3. The average molecular weight is 318 g/mol. The summed E-state index contributed by atoms with van der Waals surface area (Å²) in [6.45, 7) is 0. The highest BCUT2D eigenvalue weighted by Gasteiger charge is 2.35. The van der Waals surface area contributed by atoms with Crippen LogP contribution in [0.15, 0.2) is 91.0 Å². The van der Waals surface area contributed by atoms with E-state index in [-0.39, 0.29) is 5.41 Å². The topological polar surface area (TPSA) is 0 Å². The smallest absolute Gasteiger partial charge is 0.0451 e. The molecule has 116 valence electrons. The lowest BCUT2D eigenvalue weighted by molar-refractivity contribution is 0.553. The second kappa shape index (κ2) is 7.52. The average Bonchev–Trinajstić information content (AvgIpc) is 2.65. The Labute approximate surface area is 144 Å². The van der Waals surface area contributed by atoms with Crippen LogP contribution in [0.4, 0.5) is 0 Å². The minimum Gasteiger partial charge on any atom is -0.179 e. The van der Waals surface area contributed by atoms with Gasteiger partial charge in [0.05, 0.1) is 0 Å². The van der Waals surface area contributed by atoms with E-state index in [9.17, 15) is 0 Å². The number of rotatable bonds is 6. The van der Waals surface area contributed by atoms with Crippen LogP contribution in [0, 0.1) is 0 Å². The quantitative estimate of drug-likeness (QED) is 0.435. The van der Waals surface area contributed by atoms with Crippen LogP contribution in [0.25, 0.3) is 0 Å². The third kappa shape index (κ3) is 3.20. The molecule has 0 aliphatic rings. The molecule has 0 atom stereocenters. The van der Waals surface area contributed by atoms with Crippen molar-refractivity contribution >= 4 is 12.6 Å². The molecule has 23 heavy (non-hydrogen) atoms. The monoisotopic (exact) mass is 318 g/mol. The lowest BCUT2D eigenvalue weighted by Crippen LogP contribution is -2.29. The zero-order valence-corrected chi connectivity index (χ0v) is 14.1. The summed E-state index contributed by atoms with van der Waals surface area (Å²) in [7, 11) is 0. The van der Waals surface area contributed by atoms with Gasteiger partial charge in [0.2, 0.25) is 0 Å². The number of benzene rings is 3. The fraction of sp³-hybridized carbons (Fsp3) is 0.182. The van der Waals surface area contributed by atoms with Crippen molar-refractivity contribution in [2.45, 2.75) is 18.3 Å². The zero-order chi connectivity index (χ0) is 16.0. The summed E-state index contributed by atoms with van der Waals surface area (Å²) >= 11 is 4.47. The van der Waals surface area contributed by atoms with Crippen molar-refractivity contribution < 1.29 is 0 Å². The van der Waals surface area contributed by atoms with Gasteiger partial charge in [-0.05, 0) is 35.3 Å². The van der Waals surface area contributed by atoms with Gasteiger partial charge in [-0.15, -0.1) is 0 Å². The molecule has 0 bridgehead atoms. The Hall–Kier alpha value is -1.99. The van der Waals surface area contributed by atoms with E-state index < -0.39 is 0 Å². The Kier molecular flexibility index (Phi) is 5.19. The van der Waals surface area contributed by atoms with Gasteiger partial charge < -0.3 is 0 Å². The van der Waals surface area contributed by atoms with Crippen molar-refractivity contribution in [3.8, 4) is 0 Å². The number of hydrogen-bond acceptors (Lipinski definition) is 1. The molecule has 0 heterocycles. The molecule has 3 rings (SSSR count). The number of hydrogen-bond donors (Lipinski definition) is 1. The summed E-state index contributed by atoms with van der Waals surface area (Å²) in [6.07, 6.45) is 2.12. The number of thiol groups is 1. The molecule has 0 aliphatic carbocycles. The van der Waals surface area contributed by atoms with Gasteiger partial charge in [0.1, 0.15) is 0 Å². The van der Waals surface area contributed by atoms with E-state index in [1.165, 1.54) is 16.7 Å². The second-order valence-corrected chi connectivity index (χ2v) is 6.28. The Morgan fingerprint density at radius 1 is 0.565 bits per heavy atom. The van der Waals surface area contributed by atoms with Crippen LogP contribution < -0.4 is 0 Å². The van der Waals surface area contributed by atoms with Crippen molar-refractivity contribution in [2.24, 2.45) is 0 Å². The van der Waals surface area contributed by atoms with Crippen molar-refractivity contribution in [2.75, 3.05) is 5.75 Å². The fourth-order valence-corrected chi connectivity index (χ4v) is 3.60. The molecular weight excluding hydrogens is 296 g/mol. The first kappa shape index (κ1) is 15.9. The lowest BCUT2D eigenvalue weighted by atomic mass is 9.67. The predicted octanol–water partition coefficient (Wildman–Crippen LogP) is 5.73. The molecule has 0 fully saturated rings. The Balaban J connectivity index is 2.25. The SMILES string of the molecule is SCCCC(c1ccccc1)(c1ccccc1)c1ccccc1. The fourth-order valence-electron chi connectivity index (χ4n) is 3.45. The van der Waals surface area contributed by atoms with Gasteiger partial charge in [-0.3, -0.25) is 0 Å². The maximum atomic E-state index is 4.47. The minimum atomic E-state index is -0.119.